The van der Waals surface area contributed by atoms with Gasteiger partial charge in [-0.1, -0.05) is 76.2 Å². The minimum atomic E-state index is 0.447. The second-order valence-corrected chi connectivity index (χ2v) is 10.5. The highest BCUT2D eigenvalue weighted by molar-refractivity contribution is 7.22. The molecule has 1 nitrogen and oxygen atoms in total. The van der Waals surface area contributed by atoms with Gasteiger partial charge >= 0.3 is 0 Å². The zero-order valence-corrected chi connectivity index (χ0v) is 20.0. The summed E-state index contributed by atoms with van der Waals surface area (Å²) in [7, 11) is 0. The Morgan fingerprint density at radius 1 is 0.781 bits per heavy atom. The van der Waals surface area contributed by atoms with Gasteiger partial charge in [0.2, 0.25) is 0 Å². The minimum absolute atomic E-state index is 0.447. The van der Waals surface area contributed by atoms with Crippen LogP contribution in [0.1, 0.15) is 44.7 Å². The number of hydrogen-bond acceptors (Lipinski definition) is 2. The van der Waals surface area contributed by atoms with Crippen LogP contribution in [0, 0.1) is 5.92 Å². The molecule has 0 aliphatic rings. The van der Waals surface area contributed by atoms with Crippen molar-refractivity contribution in [3.05, 3.63) is 90.1 Å². The maximum absolute atomic E-state index is 4.84. The van der Waals surface area contributed by atoms with Crippen LogP contribution < -0.4 is 0 Å². The lowest BCUT2D eigenvalue weighted by Crippen LogP contribution is -1.95. The Labute approximate surface area is 194 Å². The molecule has 0 amide bonds. The van der Waals surface area contributed by atoms with Crippen LogP contribution in [0.25, 0.3) is 42.6 Å². The van der Waals surface area contributed by atoms with Crippen molar-refractivity contribution in [1.29, 1.82) is 0 Å². The third-order valence-corrected chi connectivity index (χ3v) is 7.23. The molecule has 2 heterocycles. The topological polar surface area (TPSA) is 12.9 Å². The van der Waals surface area contributed by atoms with Crippen molar-refractivity contribution in [1.82, 2.24) is 4.98 Å². The SMILES string of the molecule is CC(C)Cc1ccc2c(-c3cc(C(C)C)c4cc(-c5ccccc5)sc4c3)nccc2c1. The van der Waals surface area contributed by atoms with E-state index in [0.717, 1.165) is 12.1 Å². The second-order valence-electron chi connectivity index (χ2n) is 9.42. The second kappa shape index (κ2) is 8.52. The Balaban J connectivity index is 1.68. The third kappa shape index (κ3) is 3.96. The Morgan fingerprint density at radius 3 is 2.34 bits per heavy atom. The largest absolute Gasteiger partial charge is 0.256 e. The van der Waals surface area contributed by atoms with Gasteiger partial charge in [-0.15, -0.1) is 11.3 Å². The van der Waals surface area contributed by atoms with Gasteiger partial charge < -0.3 is 0 Å². The Bertz CT molecular complexity index is 1390. The molecular weight excluding hydrogens is 406 g/mol. The number of benzene rings is 3. The van der Waals surface area contributed by atoms with Crippen LogP contribution in [-0.4, -0.2) is 4.98 Å². The van der Waals surface area contributed by atoms with Gasteiger partial charge in [0, 0.05) is 26.7 Å². The molecule has 0 bridgehead atoms. The first kappa shape index (κ1) is 20.9. The summed E-state index contributed by atoms with van der Waals surface area (Å²) in [6.45, 7) is 9.12. The van der Waals surface area contributed by atoms with E-state index < -0.39 is 0 Å². The molecule has 0 saturated carbocycles. The van der Waals surface area contributed by atoms with Gasteiger partial charge in [0.05, 0.1) is 5.69 Å². The number of rotatable bonds is 5. The highest BCUT2D eigenvalue weighted by atomic mass is 32.1. The number of hydrogen-bond donors (Lipinski definition) is 0. The van der Waals surface area contributed by atoms with Gasteiger partial charge in [-0.3, -0.25) is 4.98 Å². The molecule has 160 valence electrons. The van der Waals surface area contributed by atoms with Gasteiger partial charge in [0.25, 0.3) is 0 Å². The summed E-state index contributed by atoms with van der Waals surface area (Å²) in [5, 5.41) is 3.87. The van der Waals surface area contributed by atoms with Crippen molar-refractivity contribution < 1.29 is 0 Å². The van der Waals surface area contributed by atoms with E-state index in [-0.39, 0.29) is 0 Å². The molecule has 2 aromatic heterocycles. The average molecular weight is 436 g/mol. The van der Waals surface area contributed by atoms with E-state index in [1.165, 1.54) is 48.0 Å². The van der Waals surface area contributed by atoms with Crippen LogP contribution in [0.3, 0.4) is 0 Å². The molecule has 32 heavy (non-hydrogen) atoms. The number of thiophene rings is 1. The highest BCUT2D eigenvalue weighted by Crippen LogP contribution is 2.40. The summed E-state index contributed by atoms with van der Waals surface area (Å²) in [5.74, 6) is 1.10. The van der Waals surface area contributed by atoms with Crippen LogP contribution in [0.4, 0.5) is 0 Å². The van der Waals surface area contributed by atoms with E-state index >= 15 is 0 Å². The molecule has 3 aromatic carbocycles. The molecule has 2 heteroatoms. The van der Waals surface area contributed by atoms with Crippen LogP contribution >= 0.6 is 11.3 Å². The molecule has 5 aromatic rings. The van der Waals surface area contributed by atoms with E-state index in [2.05, 4.69) is 100 Å². The molecular formula is C30H29NS. The zero-order chi connectivity index (χ0) is 22.2. The van der Waals surface area contributed by atoms with Crippen LogP contribution in [0.2, 0.25) is 0 Å². The standard InChI is InChI=1S/C30H29NS/c1-19(2)14-21-10-11-25-23(15-21)12-13-31-30(25)24-16-26(20(3)4)27-18-28(32-29(27)17-24)22-8-6-5-7-9-22/h5-13,15-20H,14H2,1-4H3. The van der Waals surface area contributed by atoms with Crippen molar-refractivity contribution in [2.24, 2.45) is 5.92 Å². The first-order valence-corrected chi connectivity index (χ1v) is 12.3. The van der Waals surface area contributed by atoms with Gasteiger partial charge in [0.15, 0.2) is 0 Å². The molecule has 0 aliphatic heterocycles. The Hall–Kier alpha value is -2.97. The number of pyridine rings is 1. The number of fused-ring (bicyclic) bond motifs is 2. The normalized spacial score (nSPS) is 11.8. The summed E-state index contributed by atoms with van der Waals surface area (Å²) >= 11 is 1.88. The summed E-state index contributed by atoms with van der Waals surface area (Å²) in [4.78, 5) is 6.17. The molecule has 0 fully saturated rings. The number of aromatic nitrogens is 1. The third-order valence-electron chi connectivity index (χ3n) is 6.10. The lowest BCUT2D eigenvalue weighted by atomic mass is 9.93. The van der Waals surface area contributed by atoms with Crippen molar-refractivity contribution in [3.63, 3.8) is 0 Å². The van der Waals surface area contributed by atoms with Crippen molar-refractivity contribution >= 4 is 32.2 Å². The molecule has 0 aliphatic carbocycles. The van der Waals surface area contributed by atoms with E-state index in [0.29, 0.717) is 11.8 Å². The molecule has 0 N–H and O–H groups in total. The Kier molecular flexibility index (Phi) is 5.57. The first-order chi connectivity index (χ1) is 15.5. The van der Waals surface area contributed by atoms with E-state index in [1.54, 1.807) is 0 Å². The molecule has 0 unspecified atom stereocenters. The van der Waals surface area contributed by atoms with Gasteiger partial charge in [0.1, 0.15) is 0 Å². The summed E-state index contributed by atoms with van der Waals surface area (Å²) in [5.41, 5.74) is 6.37. The summed E-state index contributed by atoms with van der Waals surface area (Å²) in [6.07, 6.45) is 3.06. The minimum Gasteiger partial charge on any atom is -0.256 e. The van der Waals surface area contributed by atoms with Crippen LogP contribution in [-0.2, 0) is 6.42 Å². The molecule has 0 spiro atoms. The van der Waals surface area contributed by atoms with E-state index in [4.69, 9.17) is 4.98 Å². The average Bonchev–Trinajstić information content (AvgIpc) is 3.22. The fraction of sp³-hybridized carbons (Fsp3) is 0.233. The van der Waals surface area contributed by atoms with Crippen LogP contribution in [0.15, 0.2) is 79.0 Å². The quantitative estimate of drug-likeness (QED) is 0.268. The maximum Gasteiger partial charge on any atom is 0.0780 e. The van der Waals surface area contributed by atoms with Gasteiger partial charge in [-0.05, 0) is 70.0 Å². The fourth-order valence-corrected chi connectivity index (χ4v) is 5.72. The Morgan fingerprint density at radius 2 is 1.59 bits per heavy atom. The zero-order valence-electron chi connectivity index (χ0n) is 19.2. The van der Waals surface area contributed by atoms with E-state index in [9.17, 15) is 0 Å². The maximum atomic E-state index is 4.84. The fourth-order valence-electron chi connectivity index (χ4n) is 4.58. The molecule has 0 radical (unpaired) electrons. The molecule has 0 saturated heterocycles. The first-order valence-electron chi connectivity index (χ1n) is 11.5. The van der Waals surface area contributed by atoms with E-state index in [1.807, 2.05) is 17.5 Å². The summed E-state index contributed by atoms with van der Waals surface area (Å²) in [6, 6.07) is 26.8. The molecule has 5 rings (SSSR count). The predicted molar refractivity (Wildman–Crippen MR) is 141 cm³/mol. The monoisotopic (exact) mass is 435 g/mol. The molecule has 0 atom stereocenters. The highest BCUT2D eigenvalue weighted by Gasteiger charge is 2.15. The lowest BCUT2D eigenvalue weighted by Gasteiger charge is -2.13. The summed E-state index contributed by atoms with van der Waals surface area (Å²) < 4.78 is 1.33. The van der Waals surface area contributed by atoms with Gasteiger partial charge in [-0.2, -0.15) is 0 Å². The van der Waals surface area contributed by atoms with Crippen molar-refractivity contribution in [2.45, 2.75) is 40.0 Å². The lowest BCUT2D eigenvalue weighted by molar-refractivity contribution is 0.648. The van der Waals surface area contributed by atoms with Crippen molar-refractivity contribution in [3.8, 4) is 21.7 Å². The smallest absolute Gasteiger partial charge is 0.0780 e. The van der Waals surface area contributed by atoms with Gasteiger partial charge in [-0.25, -0.2) is 0 Å². The van der Waals surface area contributed by atoms with Crippen molar-refractivity contribution in [2.75, 3.05) is 0 Å². The van der Waals surface area contributed by atoms with Crippen LogP contribution in [0.5, 0.6) is 0 Å². The predicted octanol–water partition coefficient (Wildman–Crippen LogP) is 9.11. The number of nitrogens with zero attached hydrogens (tertiary/aromatic N) is 1.